The number of hydrogen-bond acceptors (Lipinski definition) is 6. The van der Waals surface area contributed by atoms with Crippen LogP contribution in [0, 0.1) is 12.9 Å². The van der Waals surface area contributed by atoms with E-state index in [1.807, 2.05) is 4.98 Å². The maximum Gasteiger partial charge on any atom is 0.332 e. The van der Waals surface area contributed by atoms with E-state index in [2.05, 4.69) is 0 Å². The van der Waals surface area contributed by atoms with Crippen molar-refractivity contribution < 1.29 is 24.4 Å². The fourth-order valence-electron chi connectivity index (χ4n) is 1.94. The second kappa shape index (κ2) is 4.85. The minimum atomic E-state index is -1.60. The van der Waals surface area contributed by atoms with Crippen molar-refractivity contribution in [3.05, 3.63) is 32.3 Å². The maximum atomic E-state index is 13.9. The molecule has 9 heteroatoms. The largest absolute Gasteiger partial charge is 0.394 e. The third-order valence-electron chi connectivity index (χ3n) is 3.07. The van der Waals surface area contributed by atoms with E-state index in [4.69, 9.17) is 9.84 Å². The first-order chi connectivity index (χ1) is 8.88. The molecule has 0 spiro atoms. The summed E-state index contributed by atoms with van der Waals surface area (Å²) < 4.78 is 19.3. The van der Waals surface area contributed by atoms with Gasteiger partial charge in [-0.05, 0) is 6.92 Å². The zero-order valence-corrected chi connectivity index (χ0v) is 9.91. The third kappa shape index (κ3) is 2.10. The molecule has 0 aromatic carbocycles. The molecule has 1 aromatic rings. The van der Waals surface area contributed by atoms with E-state index < -0.39 is 48.3 Å². The Balaban J connectivity index is 2.52. The van der Waals surface area contributed by atoms with Gasteiger partial charge in [0.15, 0.2) is 6.23 Å². The van der Waals surface area contributed by atoms with Crippen LogP contribution in [-0.4, -0.2) is 49.8 Å². The molecule has 4 atom stereocenters. The van der Waals surface area contributed by atoms with E-state index in [0.717, 1.165) is 6.92 Å². The molecule has 2 heterocycles. The number of nitrogens with zero attached hydrogens (tertiary/aromatic N) is 1. The molecule has 0 radical (unpaired) electrons. The molecule has 0 aliphatic carbocycles. The Labute approximate surface area is 105 Å². The lowest BCUT2D eigenvalue weighted by Gasteiger charge is -2.18. The predicted octanol–water partition coefficient (Wildman–Crippen LogP) is -2.40. The molecule has 1 fully saturated rings. The molecule has 0 amide bonds. The normalized spacial score (nSPS) is 30.8. The summed E-state index contributed by atoms with van der Waals surface area (Å²) in [6.07, 6.45) is -5.73. The standard InChI is InChI=1S/C10H13FN2O6/c1-3-7(11)13(10(18)12-8(3)17)9-6(16)5(15)4(2-14)19-9/h4-6,9,14-16H,2H2,1H3,(H,12,17,18)/t4-,5-,6-,9-/m1/s1. The lowest BCUT2D eigenvalue weighted by atomic mass is 10.1. The van der Waals surface area contributed by atoms with Crippen molar-refractivity contribution in [2.24, 2.45) is 0 Å². The summed E-state index contributed by atoms with van der Waals surface area (Å²) in [5.74, 6) is -1.16. The van der Waals surface area contributed by atoms with E-state index in [9.17, 15) is 24.2 Å². The van der Waals surface area contributed by atoms with Crippen LogP contribution in [0.4, 0.5) is 4.39 Å². The van der Waals surface area contributed by atoms with Crippen molar-refractivity contribution in [2.75, 3.05) is 6.61 Å². The Morgan fingerprint density at radius 1 is 1.37 bits per heavy atom. The Hall–Kier alpha value is -1.55. The van der Waals surface area contributed by atoms with Crippen LogP contribution >= 0.6 is 0 Å². The Morgan fingerprint density at radius 2 is 2.00 bits per heavy atom. The number of halogens is 1. The van der Waals surface area contributed by atoms with Crippen LogP contribution in [-0.2, 0) is 4.74 Å². The second-order valence-corrected chi connectivity index (χ2v) is 4.27. The molecular formula is C10H13FN2O6. The van der Waals surface area contributed by atoms with Crippen molar-refractivity contribution in [2.45, 2.75) is 31.5 Å². The quantitative estimate of drug-likeness (QED) is 0.446. The van der Waals surface area contributed by atoms with Crippen molar-refractivity contribution in [3.8, 4) is 0 Å². The average molecular weight is 276 g/mol. The second-order valence-electron chi connectivity index (χ2n) is 4.27. The summed E-state index contributed by atoms with van der Waals surface area (Å²) in [6.45, 7) is 0.554. The molecule has 0 bridgehead atoms. The van der Waals surface area contributed by atoms with E-state index in [0.29, 0.717) is 4.57 Å². The molecule has 8 nitrogen and oxygen atoms in total. The van der Waals surface area contributed by atoms with Gasteiger partial charge in [-0.2, -0.15) is 4.39 Å². The number of aliphatic hydroxyl groups excluding tert-OH is 3. The van der Waals surface area contributed by atoms with Crippen LogP contribution in [0.15, 0.2) is 9.59 Å². The highest BCUT2D eigenvalue weighted by Crippen LogP contribution is 2.28. The van der Waals surface area contributed by atoms with Crippen LogP contribution in [0.5, 0.6) is 0 Å². The fourth-order valence-corrected chi connectivity index (χ4v) is 1.94. The van der Waals surface area contributed by atoms with Gasteiger partial charge in [-0.3, -0.25) is 9.78 Å². The monoisotopic (exact) mass is 276 g/mol. The summed E-state index contributed by atoms with van der Waals surface area (Å²) >= 11 is 0. The number of rotatable bonds is 2. The molecule has 0 unspecified atom stereocenters. The molecule has 1 aliphatic heterocycles. The fraction of sp³-hybridized carbons (Fsp3) is 0.600. The molecule has 19 heavy (non-hydrogen) atoms. The van der Waals surface area contributed by atoms with E-state index >= 15 is 0 Å². The first kappa shape index (κ1) is 13.9. The van der Waals surface area contributed by atoms with Crippen LogP contribution < -0.4 is 11.2 Å². The maximum absolute atomic E-state index is 13.9. The highest BCUT2D eigenvalue weighted by atomic mass is 19.1. The van der Waals surface area contributed by atoms with Gasteiger partial charge in [0.25, 0.3) is 5.56 Å². The summed E-state index contributed by atoms with van der Waals surface area (Å²) in [4.78, 5) is 24.6. The number of aliphatic hydroxyl groups is 3. The van der Waals surface area contributed by atoms with Gasteiger partial charge in [0.1, 0.15) is 18.3 Å². The summed E-state index contributed by atoms with van der Waals surface area (Å²) in [5, 5.41) is 28.2. The number of ether oxygens (including phenoxy) is 1. The highest BCUT2D eigenvalue weighted by molar-refractivity contribution is 5.06. The molecule has 106 valence electrons. The third-order valence-corrected chi connectivity index (χ3v) is 3.07. The Kier molecular flexibility index (Phi) is 3.54. The van der Waals surface area contributed by atoms with Gasteiger partial charge in [0.05, 0.1) is 12.2 Å². The lowest BCUT2D eigenvalue weighted by Crippen LogP contribution is -2.40. The minimum absolute atomic E-state index is 0.350. The number of H-pyrrole nitrogens is 1. The number of aromatic amines is 1. The van der Waals surface area contributed by atoms with E-state index in [-0.39, 0.29) is 5.56 Å². The van der Waals surface area contributed by atoms with Crippen molar-refractivity contribution in [1.82, 2.24) is 9.55 Å². The average Bonchev–Trinajstić information content (AvgIpc) is 2.64. The predicted molar refractivity (Wildman–Crippen MR) is 59.0 cm³/mol. The van der Waals surface area contributed by atoms with Gasteiger partial charge in [-0.15, -0.1) is 0 Å². The van der Waals surface area contributed by atoms with Gasteiger partial charge in [-0.25, -0.2) is 9.36 Å². The zero-order valence-electron chi connectivity index (χ0n) is 9.91. The van der Waals surface area contributed by atoms with Crippen LogP contribution in [0.25, 0.3) is 0 Å². The molecule has 2 rings (SSSR count). The van der Waals surface area contributed by atoms with Gasteiger partial charge >= 0.3 is 5.69 Å². The van der Waals surface area contributed by atoms with E-state index in [1.54, 1.807) is 0 Å². The number of hydrogen-bond donors (Lipinski definition) is 4. The smallest absolute Gasteiger partial charge is 0.332 e. The lowest BCUT2D eigenvalue weighted by molar-refractivity contribution is -0.0602. The molecule has 0 saturated carbocycles. The Bertz CT molecular complexity index is 597. The first-order valence-corrected chi connectivity index (χ1v) is 5.51. The zero-order chi connectivity index (χ0) is 14.3. The van der Waals surface area contributed by atoms with Crippen LogP contribution in [0.3, 0.4) is 0 Å². The van der Waals surface area contributed by atoms with Gasteiger partial charge < -0.3 is 20.1 Å². The van der Waals surface area contributed by atoms with Gasteiger partial charge in [-0.1, -0.05) is 0 Å². The summed E-state index contributed by atoms with van der Waals surface area (Å²) in [5.41, 5.74) is -2.34. The SMILES string of the molecule is Cc1c(F)n([C@@H]2O[C@H](CO)[C@@H](O)[C@H]2O)c(=O)[nH]c1=O. The first-order valence-electron chi connectivity index (χ1n) is 5.51. The summed E-state index contributed by atoms with van der Waals surface area (Å²) in [6, 6.07) is 0. The molecule has 1 saturated heterocycles. The van der Waals surface area contributed by atoms with Crippen molar-refractivity contribution in [3.63, 3.8) is 0 Å². The van der Waals surface area contributed by atoms with Gasteiger partial charge in [0, 0.05) is 0 Å². The number of aromatic nitrogens is 2. The van der Waals surface area contributed by atoms with Crippen molar-refractivity contribution in [1.29, 1.82) is 0 Å². The van der Waals surface area contributed by atoms with Crippen molar-refractivity contribution >= 4 is 0 Å². The van der Waals surface area contributed by atoms with E-state index in [1.165, 1.54) is 0 Å². The van der Waals surface area contributed by atoms with Crippen LogP contribution in [0.1, 0.15) is 11.8 Å². The molecular weight excluding hydrogens is 263 g/mol. The molecule has 1 aromatic heterocycles. The number of nitrogens with one attached hydrogen (secondary N) is 1. The topological polar surface area (TPSA) is 125 Å². The van der Waals surface area contributed by atoms with Gasteiger partial charge in [0.2, 0.25) is 5.95 Å². The summed E-state index contributed by atoms with van der Waals surface area (Å²) in [7, 11) is 0. The minimum Gasteiger partial charge on any atom is -0.394 e. The van der Waals surface area contributed by atoms with Crippen LogP contribution in [0.2, 0.25) is 0 Å². The molecule has 1 aliphatic rings. The highest BCUT2D eigenvalue weighted by Gasteiger charge is 2.44. The molecule has 4 N–H and O–H groups in total. The Morgan fingerprint density at radius 3 is 2.53 bits per heavy atom.